The first-order valence-corrected chi connectivity index (χ1v) is 8.84. The minimum Gasteiger partial charge on any atom is -0.468 e. The summed E-state index contributed by atoms with van der Waals surface area (Å²) in [5, 5.41) is 0.230. The van der Waals surface area contributed by atoms with E-state index in [0.29, 0.717) is 16.3 Å². The van der Waals surface area contributed by atoms with Gasteiger partial charge >= 0.3 is 12.1 Å². The van der Waals surface area contributed by atoms with Crippen molar-refractivity contribution in [1.29, 1.82) is 0 Å². The molecule has 0 spiro atoms. The molecule has 2 aromatic carbocycles. The summed E-state index contributed by atoms with van der Waals surface area (Å²) in [7, 11) is 1.27. The van der Waals surface area contributed by atoms with E-state index in [1.165, 1.54) is 7.11 Å². The summed E-state index contributed by atoms with van der Waals surface area (Å²) < 4.78 is 48.2. The second kappa shape index (κ2) is 8.50. The zero-order valence-corrected chi connectivity index (χ0v) is 16.3. The largest absolute Gasteiger partial charge is 0.468 e. The van der Waals surface area contributed by atoms with Crippen LogP contribution in [0.3, 0.4) is 0 Å². The lowest BCUT2D eigenvalue weighted by atomic mass is 10.1. The third kappa shape index (κ3) is 5.28. The number of benzene rings is 2. The molecule has 2 aromatic rings. The van der Waals surface area contributed by atoms with Crippen LogP contribution in [0.25, 0.3) is 0 Å². The van der Waals surface area contributed by atoms with E-state index in [1.54, 1.807) is 18.2 Å². The molecule has 9 heteroatoms. The SMILES string of the molecule is COC(=O)C(Br)Cc1cc(Oc2ccc(C(F)(F)F)cc2Cl)ccc1Cl. The van der Waals surface area contributed by atoms with Crippen molar-refractivity contribution in [3.63, 3.8) is 0 Å². The van der Waals surface area contributed by atoms with Crippen LogP contribution in [0.4, 0.5) is 13.2 Å². The molecule has 0 fully saturated rings. The van der Waals surface area contributed by atoms with E-state index < -0.39 is 22.5 Å². The molecule has 0 heterocycles. The molecule has 0 aromatic heterocycles. The van der Waals surface area contributed by atoms with Gasteiger partial charge in [0.05, 0.1) is 17.7 Å². The van der Waals surface area contributed by atoms with Crippen LogP contribution in [0, 0.1) is 0 Å². The van der Waals surface area contributed by atoms with E-state index >= 15 is 0 Å². The van der Waals surface area contributed by atoms with Crippen LogP contribution < -0.4 is 4.74 Å². The molecule has 0 bridgehead atoms. The molecule has 0 saturated carbocycles. The van der Waals surface area contributed by atoms with Gasteiger partial charge in [-0.2, -0.15) is 13.2 Å². The van der Waals surface area contributed by atoms with Gasteiger partial charge in [-0.1, -0.05) is 39.1 Å². The molecule has 1 unspecified atom stereocenters. The van der Waals surface area contributed by atoms with Crippen molar-refractivity contribution in [2.75, 3.05) is 7.11 Å². The third-order valence-corrected chi connectivity index (χ3v) is 4.72. The Bertz CT molecular complexity index is 812. The van der Waals surface area contributed by atoms with Crippen LogP contribution in [0.2, 0.25) is 10.0 Å². The Kier molecular flexibility index (Phi) is 6.82. The molecule has 0 saturated heterocycles. The standard InChI is InChI=1S/C17H12BrCl2F3O3/c1-25-16(24)12(18)7-9-6-11(3-4-13(9)19)26-15-5-2-10(8-14(15)20)17(21,22)23/h2-6,8,12H,7H2,1H3. The van der Waals surface area contributed by atoms with Gasteiger partial charge in [-0.15, -0.1) is 0 Å². The van der Waals surface area contributed by atoms with Crippen molar-refractivity contribution < 1.29 is 27.4 Å². The average molecular weight is 472 g/mol. The van der Waals surface area contributed by atoms with E-state index in [0.717, 1.165) is 18.2 Å². The highest BCUT2D eigenvalue weighted by Gasteiger charge is 2.31. The number of hydrogen-bond donors (Lipinski definition) is 0. The molecular weight excluding hydrogens is 460 g/mol. The molecular formula is C17H12BrCl2F3O3. The Morgan fingerprint density at radius 3 is 2.42 bits per heavy atom. The van der Waals surface area contributed by atoms with Crippen LogP contribution in [-0.2, 0) is 22.1 Å². The molecule has 0 amide bonds. The maximum absolute atomic E-state index is 12.7. The van der Waals surface area contributed by atoms with E-state index in [1.807, 2.05) is 0 Å². The molecule has 0 aliphatic carbocycles. The second-order valence-electron chi connectivity index (χ2n) is 5.19. The van der Waals surface area contributed by atoms with Gasteiger partial charge in [0.25, 0.3) is 0 Å². The van der Waals surface area contributed by atoms with Crippen LogP contribution in [0.15, 0.2) is 36.4 Å². The number of carbonyl (C=O) groups excluding carboxylic acids is 1. The summed E-state index contributed by atoms with van der Waals surface area (Å²) in [6, 6.07) is 7.49. The van der Waals surface area contributed by atoms with Gasteiger partial charge < -0.3 is 9.47 Å². The quantitative estimate of drug-likeness (QED) is 0.380. The summed E-state index contributed by atoms with van der Waals surface area (Å²) in [4.78, 5) is 10.9. The number of hydrogen-bond acceptors (Lipinski definition) is 3. The number of halogens is 6. The van der Waals surface area contributed by atoms with Crippen LogP contribution >= 0.6 is 39.1 Å². The summed E-state index contributed by atoms with van der Waals surface area (Å²) in [6.45, 7) is 0. The zero-order valence-electron chi connectivity index (χ0n) is 13.2. The first-order valence-electron chi connectivity index (χ1n) is 7.16. The van der Waals surface area contributed by atoms with Crippen LogP contribution in [-0.4, -0.2) is 17.9 Å². The van der Waals surface area contributed by atoms with Gasteiger partial charge in [0.1, 0.15) is 16.3 Å². The van der Waals surface area contributed by atoms with E-state index in [9.17, 15) is 18.0 Å². The number of methoxy groups -OCH3 is 1. The van der Waals surface area contributed by atoms with Crippen molar-refractivity contribution >= 4 is 45.1 Å². The fraction of sp³-hybridized carbons (Fsp3) is 0.235. The predicted octanol–water partition coefficient (Wildman–Crippen LogP) is 6.28. The normalized spacial score (nSPS) is 12.6. The average Bonchev–Trinajstić information content (AvgIpc) is 2.57. The Balaban J connectivity index is 2.23. The van der Waals surface area contributed by atoms with E-state index in [-0.39, 0.29) is 17.2 Å². The van der Waals surface area contributed by atoms with Gasteiger partial charge in [-0.05, 0) is 48.4 Å². The topological polar surface area (TPSA) is 35.5 Å². The molecule has 0 N–H and O–H groups in total. The summed E-state index contributed by atoms with van der Waals surface area (Å²) in [6.07, 6.45) is -4.25. The second-order valence-corrected chi connectivity index (χ2v) is 7.11. The maximum atomic E-state index is 12.7. The number of alkyl halides is 4. The highest BCUT2D eigenvalue weighted by atomic mass is 79.9. The maximum Gasteiger partial charge on any atom is 0.416 e. The van der Waals surface area contributed by atoms with Crippen molar-refractivity contribution in [3.05, 3.63) is 57.6 Å². The lowest BCUT2D eigenvalue weighted by Crippen LogP contribution is -2.18. The van der Waals surface area contributed by atoms with Crippen LogP contribution in [0.5, 0.6) is 11.5 Å². The molecule has 3 nitrogen and oxygen atoms in total. The Morgan fingerprint density at radius 1 is 1.15 bits per heavy atom. The molecule has 26 heavy (non-hydrogen) atoms. The van der Waals surface area contributed by atoms with Gasteiger partial charge in [0.2, 0.25) is 0 Å². The Hall–Kier alpha value is -1.44. The monoisotopic (exact) mass is 470 g/mol. The fourth-order valence-corrected chi connectivity index (χ4v) is 3.01. The highest BCUT2D eigenvalue weighted by Crippen LogP contribution is 2.37. The number of ether oxygens (including phenoxy) is 2. The molecule has 140 valence electrons. The molecule has 0 radical (unpaired) electrons. The first-order chi connectivity index (χ1) is 12.1. The minimum atomic E-state index is -4.49. The first kappa shape index (κ1) is 20.9. The lowest BCUT2D eigenvalue weighted by Gasteiger charge is -2.13. The summed E-state index contributed by atoms with van der Waals surface area (Å²) in [5.41, 5.74) is -0.272. The molecule has 0 aliphatic heterocycles. The Morgan fingerprint density at radius 2 is 1.85 bits per heavy atom. The van der Waals surface area contributed by atoms with Gasteiger partial charge in [-0.25, -0.2) is 0 Å². The van der Waals surface area contributed by atoms with Crippen molar-refractivity contribution in [2.45, 2.75) is 17.4 Å². The fourth-order valence-electron chi connectivity index (χ4n) is 2.06. The summed E-state index contributed by atoms with van der Waals surface area (Å²) in [5.74, 6) is -0.0786. The Labute approximate surface area is 166 Å². The molecule has 2 rings (SSSR count). The molecule has 1 atom stereocenters. The number of carbonyl (C=O) groups is 1. The van der Waals surface area contributed by atoms with Gasteiger partial charge in [-0.3, -0.25) is 4.79 Å². The number of rotatable bonds is 5. The van der Waals surface area contributed by atoms with E-state index in [4.69, 9.17) is 27.9 Å². The minimum absolute atomic E-state index is 0.0660. The van der Waals surface area contributed by atoms with Crippen LogP contribution in [0.1, 0.15) is 11.1 Å². The van der Waals surface area contributed by atoms with Gasteiger partial charge in [0.15, 0.2) is 0 Å². The highest BCUT2D eigenvalue weighted by molar-refractivity contribution is 9.10. The number of esters is 1. The predicted molar refractivity (Wildman–Crippen MR) is 96.4 cm³/mol. The zero-order chi connectivity index (χ0) is 19.5. The third-order valence-electron chi connectivity index (χ3n) is 3.36. The lowest BCUT2D eigenvalue weighted by molar-refractivity contribution is -0.140. The van der Waals surface area contributed by atoms with Crippen molar-refractivity contribution in [1.82, 2.24) is 0 Å². The van der Waals surface area contributed by atoms with Crippen molar-refractivity contribution in [2.24, 2.45) is 0 Å². The van der Waals surface area contributed by atoms with E-state index in [2.05, 4.69) is 20.7 Å². The van der Waals surface area contributed by atoms with Crippen molar-refractivity contribution in [3.8, 4) is 11.5 Å². The smallest absolute Gasteiger partial charge is 0.416 e. The van der Waals surface area contributed by atoms with Gasteiger partial charge in [0, 0.05) is 5.02 Å². The molecule has 0 aliphatic rings. The summed E-state index contributed by atoms with van der Waals surface area (Å²) >= 11 is 15.2.